The van der Waals surface area contributed by atoms with Gasteiger partial charge in [-0.1, -0.05) is 42.0 Å². The number of allylic oxidation sites excluding steroid dienone is 2. The Kier molecular flexibility index (Phi) is 3.53. The molecule has 0 radical (unpaired) electrons. The molecule has 4 nitrogen and oxygen atoms in total. The Labute approximate surface area is 123 Å². The minimum Gasteiger partial charge on any atom is -0.481 e. The summed E-state index contributed by atoms with van der Waals surface area (Å²) in [6.45, 7) is 2.46. The fourth-order valence-corrected chi connectivity index (χ4v) is 3.53. The van der Waals surface area contributed by atoms with Gasteiger partial charge >= 0.3 is 5.97 Å². The van der Waals surface area contributed by atoms with Crippen molar-refractivity contribution < 1.29 is 14.7 Å². The first-order valence-corrected chi connectivity index (χ1v) is 7.30. The van der Waals surface area contributed by atoms with Gasteiger partial charge in [0.1, 0.15) is 0 Å². The zero-order valence-corrected chi connectivity index (χ0v) is 12.0. The molecular formula is C17H19NO3. The van der Waals surface area contributed by atoms with E-state index in [-0.39, 0.29) is 17.7 Å². The maximum Gasteiger partial charge on any atom is 0.307 e. The van der Waals surface area contributed by atoms with Crippen LogP contribution in [0.25, 0.3) is 0 Å². The summed E-state index contributed by atoms with van der Waals surface area (Å²) in [6.07, 6.45) is 4.74. The number of hydrogen-bond donors (Lipinski definition) is 2. The first-order valence-electron chi connectivity index (χ1n) is 7.30. The molecule has 4 heteroatoms. The lowest BCUT2D eigenvalue weighted by molar-refractivity contribution is -0.147. The van der Waals surface area contributed by atoms with Crippen LogP contribution in [0.1, 0.15) is 17.5 Å². The smallest absolute Gasteiger partial charge is 0.307 e. The number of aliphatic carboxylic acids is 1. The SMILES string of the molecule is Cc1ccc(CNC(=O)[C@@H]2[C@@H](C(=O)O)[C@H]3C=C[C@H]2C3)cc1. The molecule has 2 bridgehead atoms. The van der Waals surface area contributed by atoms with Crippen LogP contribution in [-0.2, 0) is 16.1 Å². The molecule has 0 heterocycles. The van der Waals surface area contributed by atoms with Gasteiger partial charge in [-0.2, -0.15) is 0 Å². The van der Waals surface area contributed by atoms with Crippen molar-refractivity contribution in [3.8, 4) is 0 Å². The highest BCUT2D eigenvalue weighted by atomic mass is 16.4. The quantitative estimate of drug-likeness (QED) is 0.833. The van der Waals surface area contributed by atoms with Crippen molar-refractivity contribution in [2.45, 2.75) is 19.9 Å². The normalized spacial score (nSPS) is 29.6. The number of benzene rings is 1. The van der Waals surface area contributed by atoms with Gasteiger partial charge in [-0.25, -0.2) is 0 Å². The van der Waals surface area contributed by atoms with Crippen molar-refractivity contribution in [1.29, 1.82) is 0 Å². The zero-order valence-electron chi connectivity index (χ0n) is 12.0. The molecule has 4 atom stereocenters. The second-order valence-electron chi connectivity index (χ2n) is 6.04. The van der Waals surface area contributed by atoms with E-state index >= 15 is 0 Å². The van der Waals surface area contributed by atoms with Crippen molar-refractivity contribution in [1.82, 2.24) is 5.32 Å². The van der Waals surface area contributed by atoms with Crippen LogP contribution in [0.3, 0.4) is 0 Å². The van der Waals surface area contributed by atoms with Crippen molar-refractivity contribution in [3.63, 3.8) is 0 Å². The lowest BCUT2D eigenvalue weighted by atomic mass is 9.82. The van der Waals surface area contributed by atoms with Crippen molar-refractivity contribution in [3.05, 3.63) is 47.5 Å². The third kappa shape index (κ3) is 2.58. The van der Waals surface area contributed by atoms with E-state index in [1.165, 1.54) is 5.56 Å². The van der Waals surface area contributed by atoms with Gasteiger partial charge in [0.25, 0.3) is 0 Å². The standard InChI is InChI=1S/C17H19NO3/c1-10-2-4-11(5-3-10)9-18-16(19)14-12-6-7-13(8-12)15(14)17(20)21/h2-7,12-15H,8-9H2,1H3,(H,18,19)(H,20,21)/t12-,13-,14-,15-/m0/s1. The number of hydrogen-bond acceptors (Lipinski definition) is 2. The van der Waals surface area contributed by atoms with Crippen LogP contribution in [0.5, 0.6) is 0 Å². The highest BCUT2D eigenvalue weighted by Crippen LogP contribution is 2.48. The van der Waals surface area contributed by atoms with Gasteiger partial charge in [0.2, 0.25) is 5.91 Å². The number of nitrogens with one attached hydrogen (secondary N) is 1. The van der Waals surface area contributed by atoms with Gasteiger partial charge in [0.15, 0.2) is 0 Å². The number of aryl methyl sites for hydroxylation is 1. The Morgan fingerprint density at radius 1 is 1.14 bits per heavy atom. The monoisotopic (exact) mass is 285 g/mol. The Morgan fingerprint density at radius 3 is 2.38 bits per heavy atom. The molecule has 1 fully saturated rings. The van der Waals surface area contributed by atoms with Gasteiger partial charge in [0.05, 0.1) is 11.8 Å². The lowest BCUT2D eigenvalue weighted by Crippen LogP contribution is -2.39. The van der Waals surface area contributed by atoms with Gasteiger partial charge in [-0.05, 0) is 30.7 Å². The number of carbonyl (C=O) groups excluding carboxylic acids is 1. The summed E-state index contributed by atoms with van der Waals surface area (Å²) in [5, 5.41) is 12.3. The molecule has 1 aromatic carbocycles. The van der Waals surface area contributed by atoms with E-state index in [4.69, 9.17) is 0 Å². The second kappa shape index (κ2) is 5.35. The van der Waals surface area contributed by atoms with Crippen LogP contribution in [0, 0.1) is 30.6 Å². The second-order valence-corrected chi connectivity index (χ2v) is 6.04. The molecule has 21 heavy (non-hydrogen) atoms. The molecule has 2 aliphatic carbocycles. The maximum absolute atomic E-state index is 12.4. The summed E-state index contributed by atoms with van der Waals surface area (Å²) in [5.41, 5.74) is 2.20. The lowest BCUT2D eigenvalue weighted by Gasteiger charge is -2.23. The number of amides is 1. The van der Waals surface area contributed by atoms with Crippen LogP contribution < -0.4 is 5.32 Å². The maximum atomic E-state index is 12.4. The fraction of sp³-hybridized carbons (Fsp3) is 0.412. The first kappa shape index (κ1) is 13.9. The number of carboxylic acids is 1. The number of fused-ring (bicyclic) bond motifs is 2. The molecule has 0 aromatic heterocycles. The predicted molar refractivity (Wildman–Crippen MR) is 78.4 cm³/mol. The van der Waals surface area contributed by atoms with E-state index in [2.05, 4.69) is 5.32 Å². The highest BCUT2D eigenvalue weighted by molar-refractivity contribution is 5.86. The molecule has 0 saturated heterocycles. The Hall–Kier alpha value is -2.10. The Balaban J connectivity index is 1.66. The molecule has 1 saturated carbocycles. The van der Waals surface area contributed by atoms with Crippen molar-refractivity contribution >= 4 is 11.9 Å². The fourth-order valence-electron chi connectivity index (χ4n) is 3.53. The molecular weight excluding hydrogens is 266 g/mol. The topological polar surface area (TPSA) is 66.4 Å². The first-order chi connectivity index (χ1) is 10.1. The van der Waals surface area contributed by atoms with Gasteiger partial charge in [0, 0.05) is 6.54 Å². The summed E-state index contributed by atoms with van der Waals surface area (Å²) in [4.78, 5) is 23.8. The predicted octanol–water partition coefficient (Wildman–Crippen LogP) is 2.13. The van der Waals surface area contributed by atoms with E-state index in [1.54, 1.807) is 0 Å². The average molecular weight is 285 g/mol. The minimum absolute atomic E-state index is 0.0163. The Morgan fingerprint density at radius 2 is 1.76 bits per heavy atom. The molecule has 1 amide bonds. The molecule has 2 N–H and O–H groups in total. The largest absolute Gasteiger partial charge is 0.481 e. The summed E-state index contributed by atoms with van der Waals surface area (Å²) in [6, 6.07) is 7.96. The van der Waals surface area contributed by atoms with Crippen LogP contribution in [0.2, 0.25) is 0 Å². The van der Waals surface area contributed by atoms with Crippen LogP contribution in [0.15, 0.2) is 36.4 Å². The van der Waals surface area contributed by atoms with E-state index in [0.29, 0.717) is 6.54 Å². The number of rotatable bonds is 4. The minimum atomic E-state index is -0.859. The molecule has 0 unspecified atom stereocenters. The van der Waals surface area contributed by atoms with E-state index in [1.807, 2.05) is 43.3 Å². The molecule has 0 aliphatic heterocycles. The van der Waals surface area contributed by atoms with Crippen molar-refractivity contribution in [2.24, 2.45) is 23.7 Å². The molecule has 0 spiro atoms. The summed E-state index contributed by atoms with van der Waals surface area (Å²) in [5.74, 6) is -1.90. The summed E-state index contributed by atoms with van der Waals surface area (Å²) >= 11 is 0. The number of carbonyl (C=O) groups is 2. The van der Waals surface area contributed by atoms with E-state index < -0.39 is 17.8 Å². The van der Waals surface area contributed by atoms with E-state index in [0.717, 1.165) is 12.0 Å². The molecule has 3 rings (SSSR count). The third-order valence-electron chi connectivity index (χ3n) is 4.63. The molecule has 110 valence electrons. The third-order valence-corrected chi connectivity index (χ3v) is 4.63. The molecule has 1 aromatic rings. The van der Waals surface area contributed by atoms with Gasteiger partial charge in [-0.15, -0.1) is 0 Å². The number of carboxylic acid groups (broad SMARTS) is 1. The van der Waals surface area contributed by atoms with Crippen molar-refractivity contribution in [2.75, 3.05) is 0 Å². The Bertz CT molecular complexity index is 591. The van der Waals surface area contributed by atoms with Crippen LogP contribution in [-0.4, -0.2) is 17.0 Å². The van der Waals surface area contributed by atoms with Gasteiger partial charge in [-0.3, -0.25) is 9.59 Å². The highest BCUT2D eigenvalue weighted by Gasteiger charge is 2.51. The summed E-state index contributed by atoms with van der Waals surface area (Å²) in [7, 11) is 0. The van der Waals surface area contributed by atoms with Crippen LogP contribution >= 0.6 is 0 Å². The zero-order chi connectivity index (χ0) is 15.0. The molecule has 2 aliphatic rings. The van der Waals surface area contributed by atoms with Gasteiger partial charge < -0.3 is 10.4 Å². The van der Waals surface area contributed by atoms with Crippen LogP contribution in [0.4, 0.5) is 0 Å². The van der Waals surface area contributed by atoms with E-state index in [9.17, 15) is 14.7 Å². The summed E-state index contributed by atoms with van der Waals surface area (Å²) < 4.78 is 0. The average Bonchev–Trinajstić information content (AvgIpc) is 3.06.